The van der Waals surface area contributed by atoms with Gasteiger partial charge in [0, 0.05) is 12.6 Å². The van der Waals surface area contributed by atoms with Crippen molar-refractivity contribution < 1.29 is 19.7 Å². The summed E-state index contributed by atoms with van der Waals surface area (Å²) in [6, 6.07) is 12.6. The number of ether oxygens (including phenoxy) is 1. The lowest BCUT2D eigenvalue weighted by Crippen LogP contribution is -2.22. The first-order valence-corrected chi connectivity index (χ1v) is 6.18. The Balaban J connectivity index is 2.06. The minimum Gasteiger partial charge on any atom is -0.487 e. The summed E-state index contributed by atoms with van der Waals surface area (Å²) in [5, 5.41) is 18.2. The van der Waals surface area contributed by atoms with Crippen LogP contribution in [0.1, 0.15) is 11.3 Å². The molecule has 20 heavy (non-hydrogen) atoms. The molecule has 0 aliphatic carbocycles. The van der Waals surface area contributed by atoms with Gasteiger partial charge in [0.25, 0.3) is 0 Å². The van der Waals surface area contributed by atoms with E-state index in [9.17, 15) is 9.90 Å². The van der Waals surface area contributed by atoms with Crippen molar-refractivity contribution >= 4 is 5.97 Å². The van der Waals surface area contributed by atoms with E-state index in [4.69, 9.17) is 9.84 Å². The number of hydrogen-bond donors (Lipinski definition) is 2. The molecule has 0 spiro atoms. The molecule has 2 N–H and O–H groups in total. The van der Waals surface area contributed by atoms with E-state index >= 15 is 0 Å². The Kier molecular flexibility index (Phi) is 4.68. The summed E-state index contributed by atoms with van der Waals surface area (Å²) in [6.07, 6.45) is 0.251. The van der Waals surface area contributed by atoms with E-state index in [0.717, 1.165) is 5.69 Å². The van der Waals surface area contributed by atoms with Crippen molar-refractivity contribution in [3.05, 3.63) is 59.9 Å². The highest BCUT2D eigenvalue weighted by Gasteiger charge is 2.16. The highest BCUT2D eigenvalue weighted by Crippen LogP contribution is 2.20. The van der Waals surface area contributed by atoms with E-state index in [1.54, 1.807) is 30.5 Å². The smallest absolute Gasteiger partial charge is 0.332 e. The molecule has 0 fully saturated rings. The van der Waals surface area contributed by atoms with Crippen LogP contribution in [0.2, 0.25) is 0 Å². The zero-order valence-corrected chi connectivity index (χ0v) is 10.8. The van der Waals surface area contributed by atoms with Gasteiger partial charge >= 0.3 is 5.97 Å². The SMILES string of the molecule is O=C(O)C(O)Cc1ccccc1OCc1ccccn1. The molecule has 0 saturated carbocycles. The number of pyridine rings is 1. The van der Waals surface area contributed by atoms with Gasteiger partial charge in [-0.15, -0.1) is 0 Å². The molecule has 2 aromatic rings. The number of hydrogen-bond acceptors (Lipinski definition) is 4. The molecule has 5 heteroatoms. The predicted molar refractivity (Wildman–Crippen MR) is 72.4 cm³/mol. The van der Waals surface area contributed by atoms with Crippen LogP contribution in [0, 0.1) is 0 Å². The van der Waals surface area contributed by atoms with Gasteiger partial charge in [0.1, 0.15) is 12.4 Å². The average Bonchev–Trinajstić information content (AvgIpc) is 2.47. The van der Waals surface area contributed by atoms with E-state index in [-0.39, 0.29) is 6.42 Å². The topological polar surface area (TPSA) is 79.7 Å². The molecular formula is C15H15NO4. The molecule has 1 heterocycles. The Morgan fingerprint density at radius 3 is 2.65 bits per heavy atom. The fraction of sp³-hybridized carbons (Fsp3) is 0.200. The van der Waals surface area contributed by atoms with Crippen molar-refractivity contribution in [1.82, 2.24) is 4.98 Å². The molecule has 2 rings (SSSR count). The standard InChI is InChI=1S/C15H15NO4/c17-13(15(18)19)9-11-5-1-2-7-14(11)20-10-12-6-3-4-8-16-12/h1-8,13,17H,9-10H2,(H,18,19). The summed E-state index contributed by atoms with van der Waals surface area (Å²) >= 11 is 0. The highest BCUT2D eigenvalue weighted by atomic mass is 16.5. The molecule has 1 aromatic carbocycles. The Morgan fingerprint density at radius 1 is 1.20 bits per heavy atom. The first kappa shape index (κ1) is 14.0. The van der Waals surface area contributed by atoms with Gasteiger partial charge in [0.2, 0.25) is 0 Å². The van der Waals surface area contributed by atoms with Crippen molar-refractivity contribution in [2.45, 2.75) is 19.1 Å². The van der Waals surface area contributed by atoms with Gasteiger partial charge in [-0.05, 0) is 23.8 Å². The molecule has 0 aliphatic heterocycles. The van der Waals surface area contributed by atoms with Gasteiger partial charge in [-0.1, -0.05) is 24.3 Å². The molecule has 0 amide bonds. The summed E-state index contributed by atoms with van der Waals surface area (Å²) in [5.74, 6) is -0.692. The Hall–Kier alpha value is -2.40. The minimum absolute atomic E-state index is 0.00766. The van der Waals surface area contributed by atoms with Crippen molar-refractivity contribution in [3.8, 4) is 5.75 Å². The fourth-order valence-corrected chi connectivity index (χ4v) is 1.74. The van der Waals surface area contributed by atoms with Crippen LogP contribution >= 0.6 is 0 Å². The number of benzene rings is 1. The van der Waals surface area contributed by atoms with Crippen molar-refractivity contribution in [3.63, 3.8) is 0 Å². The Labute approximate surface area is 116 Å². The fourth-order valence-electron chi connectivity index (χ4n) is 1.74. The first-order valence-electron chi connectivity index (χ1n) is 6.18. The van der Waals surface area contributed by atoms with Gasteiger partial charge in [-0.3, -0.25) is 4.98 Å². The molecule has 1 aromatic heterocycles. The maximum Gasteiger partial charge on any atom is 0.332 e. The number of carbonyl (C=O) groups is 1. The number of para-hydroxylation sites is 1. The first-order chi connectivity index (χ1) is 9.66. The second-order valence-electron chi connectivity index (χ2n) is 4.28. The summed E-state index contributed by atoms with van der Waals surface area (Å²) < 4.78 is 5.64. The van der Waals surface area contributed by atoms with Gasteiger partial charge in [-0.2, -0.15) is 0 Å². The number of carboxylic acid groups (broad SMARTS) is 1. The molecule has 0 saturated heterocycles. The van der Waals surface area contributed by atoms with Crippen LogP contribution in [0.4, 0.5) is 0 Å². The van der Waals surface area contributed by atoms with E-state index in [0.29, 0.717) is 17.9 Å². The number of aliphatic carboxylic acids is 1. The van der Waals surface area contributed by atoms with Crippen molar-refractivity contribution in [2.75, 3.05) is 0 Å². The molecule has 0 radical (unpaired) electrons. The number of aliphatic hydroxyl groups is 1. The van der Waals surface area contributed by atoms with Crippen LogP contribution in [-0.4, -0.2) is 27.3 Å². The third kappa shape index (κ3) is 3.80. The zero-order valence-electron chi connectivity index (χ0n) is 10.8. The summed E-state index contributed by atoms with van der Waals surface area (Å²) in [5.41, 5.74) is 1.43. The average molecular weight is 273 g/mol. The van der Waals surface area contributed by atoms with Crippen LogP contribution in [0.25, 0.3) is 0 Å². The zero-order chi connectivity index (χ0) is 14.4. The van der Waals surface area contributed by atoms with Crippen molar-refractivity contribution in [1.29, 1.82) is 0 Å². The normalized spacial score (nSPS) is 11.8. The molecular weight excluding hydrogens is 258 g/mol. The number of aliphatic hydroxyl groups excluding tert-OH is 1. The number of rotatable bonds is 6. The monoisotopic (exact) mass is 273 g/mol. The van der Waals surface area contributed by atoms with E-state index in [2.05, 4.69) is 4.98 Å². The van der Waals surface area contributed by atoms with Crippen LogP contribution in [0.5, 0.6) is 5.75 Å². The lowest BCUT2D eigenvalue weighted by atomic mass is 10.1. The highest BCUT2D eigenvalue weighted by molar-refractivity contribution is 5.72. The lowest BCUT2D eigenvalue weighted by molar-refractivity contribution is -0.146. The largest absolute Gasteiger partial charge is 0.487 e. The van der Waals surface area contributed by atoms with Crippen molar-refractivity contribution in [2.24, 2.45) is 0 Å². The van der Waals surface area contributed by atoms with Gasteiger partial charge in [-0.25, -0.2) is 4.79 Å². The molecule has 0 aliphatic rings. The third-order valence-electron chi connectivity index (χ3n) is 2.77. The van der Waals surface area contributed by atoms with Gasteiger partial charge in [0.15, 0.2) is 6.10 Å². The maximum atomic E-state index is 10.7. The van der Waals surface area contributed by atoms with E-state index in [1.807, 2.05) is 18.2 Å². The van der Waals surface area contributed by atoms with Gasteiger partial charge in [0.05, 0.1) is 5.69 Å². The van der Waals surface area contributed by atoms with E-state index in [1.165, 1.54) is 0 Å². The summed E-state index contributed by atoms with van der Waals surface area (Å²) in [7, 11) is 0. The lowest BCUT2D eigenvalue weighted by Gasteiger charge is -2.12. The molecule has 5 nitrogen and oxygen atoms in total. The van der Waals surface area contributed by atoms with Crippen LogP contribution in [0.15, 0.2) is 48.7 Å². The Bertz CT molecular complexity index is 571. The van der Waals surface area contributed by atoms with E-state index < -0.39 is 12.1 Å². The summed E-state index contributed by atoms with van der Waals surface area (Å²) in [4.78, 5) is 14.8. The molecule has 1 unspecified atom stereocenters. The summed E-state index contributed by atoms with van der Waals surface area (Å²) in [6.45, 7) is 0.293. The quantitative estimate of drug-likeness (QED) is 0.836. The number of carboxylic acids is 1. The predicted octanol–water partition coefficient (Wildman–Crippen LogP) is 1.65. The van der Waals surface area contributed by atoms with Crippen LogP contribution in [-0.2, 0) is 17.8 Å². The maximum absolute atomic E-state index is 10.7. The number of aromatic nitrogens is 1. The molecule has 104 valence electrons. The second-order valence-corrected chi connectivity index (χ2v) is 4.28. The second kappa shape index (κ2) is 6.68. The van der Waals surface area contributed by atoms with Gasteiger partial charge < -0.3 is 14.9 Å². The minimum atomic E-state index is -1.44. The Morgan fingerprint density at radius 2 is 1.95 bits per heavy atom. The molecule has 1 atom stereocenters. The van der Waals surface area contributed by atoms with Crippen LogP contribution in [0.3, 0.4) is 0 Å². The molecule has 0 bridgehead atoms. The van der Waals surface area contributed by atoms with Crippen LogP contribution < -0.4 is 4.74 Å². The number of nitrogens with zero attached hydrogens (tertiary/aromatic N) is 1. The third-order valence-corrected chi connectivity index (χ3v) is 2.77.